The molecule has 1 N–H and O–H groups in total. The fourth-order valence-electron chi connectivity index (χ4n) is 2.40. The number of anilines is 1. The zero-order chi connectivity index (χ0) is 20.3. The summed E-state index contributed by atoms with van der Waals surface area (Å²) in [5.74, 6) is -0.711. The van der Waals surface area contributed by atoms with Crippen LogP contribution in [0.1, 0.15) is 33.8 Å². The first-order valence-electron chi connectivity index (χ1n) is 8.19. The molecule has 2 aromatic heterocycles. The Morgan fingerprint density at radius 3 is 2.71 bits per heavy atom. The number of aryl methyl sites for hydroxylation is 1. The van der Waals surface area contributed by atoms with Gasteiger partial charge in [0.25, 0.3) is 5.91 Å². The minimum atomic E-state index is -4.54. The maximum absolute atomic E-state index is 12.8. The van der Waals surface area contributed by atoms with Gasteiger partial charge in [-0.15, -0.1) is 10.2 Å². The number of hydrogen-bond acceptors (Lipinski definition) is 5. The molecular weight excluding hydrogens is 391 g/mol. The summed E-state index contributed by atoms with van der Waals surface area (Å²) >= 11 is 1.50. The number of aromatic nitrogens is 4. The summed E-state index contributed by atoms with van der Waals surface area (Å²) in [6.45, 7) is 1.98. The van der Waals surface area contributed by atoms with Crippen molar-refractivity contribution in [1.82, 2.24) is 19.7 Å². The van der Waals surface area contributed by atoms with E-state index in [1.807, 2.05) is 20.0 Å². The molecule has 1 aromatic carbocycles. The summed E-state index contributed by atoms with van der Waals surface area (Å²) in [6, 6.07) is 8.63. The predicted molar refractivity (Wildman–Crippen MR) is 98.9 cm³/mol. The molecule has 0 aliphatic heterocycles. The highest BCUT2D eigenvalue weighted by Gasteiger charge is 2.31. The van der Waals surface area contributed by atoms with Gasteiger partial charge in [-0.1, -0.05) is 23.9 Å². The standard InChI is InChI=1S/C18H16F3N5OS/c1-11(28-17-25-23-10-26(17)2)12-4-3-5-14(8-12)24-16(27)15-9-13(6-7-22-15)18(19,20)21/h3-11H,1-2H3,(H,24,27)/t11-/m0/s1. The highest BCUT2D eigenvalue weighted by molar-refractivity contribution is 7.99. The highest BCUT2D eigenvalue weighted by Crippen LogP contribution is 2.34. The van der Waals surface area contributed by atoms with Crippen molar-refractivity contribution in [3.05, 3.63) is 65.7 Å². The molecule has 0 unspecified atom stereocenters. The molecule has 6 nitrogen and oxygen atoms in total. The number of carbonyl (C=O) groups is 1. The SMILES string of the molecule is C[C@H](Sc1nncn1C)c1cccc(NC(=O)c2cc(C(F)(F)F)ccn2)c1. The monoisotopic (exact) mass is 407 g/mol. The number of amides is 1. The molecule has 0 spiro atoms. The Morgan fingerprint density at radius 1 is 1.25 bits per heavy atom. The normalized spacial score (nSPS) is 12.6. The summed E-state index contributed by atoms with van der Waals surface area (Å²) in [5, 5.41) is 11.2. The second-order valence-corrected chi connectivity index (χ2v) is 7.30. The fourth-order valence-corrected chi connectivity index (χ4v) is 3.31. The number of pyridine rings is 1. The van der Waals surface area contributed by atoms with Gasteiger partial charge in [0.1, 0.15) is 12.0 Å². The summed E-state index contributed by atoms with van der Waals surface area (Å²) in [6.07, 6.45) is -1.97. The van der Waals surface area contributed by atoms with Gasteiger partial charge in [0.05, 0.1) is 5.56 Å². The van der Waals surface area contributed by atoms with Crippen molar-refractivity contribution in [1.29, 1.82) is 0 Å². The van der Waals surface area contributed by atoms with Gasteiger partial charge in [-0.2, -0.15) is 13.2 Å². The van der Waals surface area contributed by atoms with Gasteiger partial charge in [0.15, 0.2) is 5.16 Å². The number of alkyl halides is 3. The third-order valence-electron chi connectivity index (χ3n) is 3.89. The molecule has 0 bridgehead atoms. The van der Waals surface area contributed by atoms with Crippen LogP contribution in [0.2, 0.25) is 0 Å². The molecule has 10 heteroatoms. The number of rotatable bonds is 5. The van der Waals surface area contributed by atoms with E-state index in [1.54, 1.807) is 29.1 Å². The molecule has 1 amide bonds. The fraction of sp³-hybridized carbons (Fsp3) is 0.222. The van der Waals surface area contributed by atoms with Gasteiger partial charge in [0.2, 0.25) is 0 Å². The number of nitrogens with one attached hydrogen (secondary N) is 1. The molecule has 146 valence electrons. The van der Waals surface area contributed by atoms with Gasteiger partial charge in [-0.3, -0.25) is 9.78 Å². The van der Waals surface area contributed by atoms with Crippen molar-refractivity contribution in [2.75, 3.05) is 5.32 Å². The number of halogens is 3. The molecule has 0 radical (unpaired) electrons. The van der Waals surface area contributed by atoms with Crippen LogP contribution >= 0.6 is 11.8 Å². The van der Waals surface area contributed by atoms with Crippen molar-refractivity contribution in [2.45, 2.75) is 23.5 Å². The maximum atomic E-state index is 12.8. The average Bonchev–Trinajstić information content (AvgIpc) is 3.06. The van der Waals surface area contributed by atoms with Crippen molar-refractivity contribution in [3.63, 3.8) is 0 Å². The zero-order valence-corrected chi connectivity index (χ0v) is 15.8. The number of hydrogen-bond donors (Lipinski definition) is 1. The topological polar surface area (TPSA) is 72.7 Å². The van der Waals surface area contributed by atoms with E-state index in [9.17, 15) is 18.0 Å². The predicted octanol–water partition coefficient (Wildman–Crippen LogP) is 4.33. The molecular formula is C18H16F3N5OS. The van der Waals surface area contributed by atoms with Gasteiger partial charge in [-0.25, -0.2) is 0 Å². The van der Waals surface area contributed by atoms with E-state index in [2.05, 4.69) is 20.5 Å². The van der Waals surface area contributed by atoms with Crippen LogP contribution in [0.25, 0.3) is 0 Å². The lowest BCUT2D eigenvalue weighted by Gasteiger charge is -2.13. The second kappa shape index (κ2) is 8.01. The number of carbonyl (C=O) groups excluding carboxylic acids is 1. The Bertz CT molecular complexity index is 989. The van der Waals surface area contributed by atoms with Gasteiger partial charge in [0, 0.05) is 24.2 Å². The zero-order valence-electron chi connectivity index (χ0n) is 14.9. The smallest absolute Gasteiger partial charge is 0.321 e. The lowest BCUT2D eigenvalue weighted by atomic mass is 10.1. The minimum Gasteiger partial charge on any atom is -0.321 e. The van der Waals surface area contributed by atoms with Crippen LogP contribution in [0, 0.1) is 0 Å². The van der Waals surface area contributed by atoms with E-state index in [4.69, 9.17) is 0 Å². The van der Waals surface area contributed by atoms with Crippen LogP contribution in [0.5, 0.6) is 0 Å². The Labute approximate surface area is 163 Å². The van der Waals surface area contributed by atoms with E-state index in [0.717, 1.165) is 29.0 Å². The Balaban J connectivity index is 1.74. The first kappa shape index (κ1) is 19.9. The summed E-state index contributed by atoms with van der Waals surface area (Å²) in [7, 11) is 1.84. The van der Waals surface area contributed by atoms with Crippen LogP contribution in [0.15, 0.2) is 54.1 Å². The molecule has 0 aliphatic carbocycles. The lowest BCUT2D eigenvalue weighted by molar-refractivity contribution is -0.137. The van der Waals surface area contributed by atoms with E-state index >= 15 is 0 Å². The molecule has 0 saturated heterocycles. The Kier molecular flexibility index (Phi) is 5.68. The highest BCUT2D eigenvalue weighted by atomic mass is 32.2. The molecule has 3 rings (SSSR count). The van der Waals surface area contributed by atoms with E-state index in [1.165, 1.54) is 11.8 Å². The largest absolute Gasteiger partial charge is 0.416 e. The van der Waals surface area contributed by atoms with Gasteiger partial charge < -0.3 is 9.88 Å². The quantitative estimate of drug-likeness (QED) is 0.637. The average molecular weight is 407 g/mol. The molecule has 0 aliphatic rings. The third-order valence-corrected chi connectivity index (χ3v) is 5.09. The molecule has 1 atom stereocenters. The number of benzene rings is 1. The van der Waals surface area contributed by atoms with Crippen LogP contribution in [0.4, 0.5) is 18.9 Å². The van der Waals surface area contributed by atoms with Crippen LogP contribution in [-0.4, -0.2) is 25.7 Å². The van der Waals surface area contributed by atoms with Gasteiger partial charge >= 0.3 is 6.18 Å². The van der Waals surface area contributed by atoms with E-state index < -0.39 is 17.6 Å². The molecule has 28 heavy (non-hydrogen) atoms. The summed E-state index contributed by atoms with van der Waals surface area (Å²) < 4.78 is 40.2. The van der Waals surface area contributed by atoms with Crippen LogP contribution in [-0.2, 0) is 13.2 Å². The van der Waals surface area contributed by atoms with E-state index in [-0.39, 0.29) is 10.9 Å². The van der Waals surface area contributed by atoms with Crippen LogP contribution in [0.3, 0.4) is 0 Å². The first-order chi connectivity index (χ1) is 13.2. The van der Waals surface area contributed by atoms with Crippen LogP contribution < -0.4 is 5.32 Å². The third kappa shape index (κ3) is 4.69. The Hall–Kier alpha value is -2.88. The minimum absolute atomic E-state index is 0.0198. The maximum Gasteiger partial charge on any atom is 0.416 e. The number of nitrogens with zero attached hydrogens (tertiary/aromatic N) is 4. The summed E-state index contributed by atoms with van der Waals surface area (Å²) in [4.78, 5) is 16.0. The number of thioether (sulfide) groups is 1. The van der Waals surface area contributed by atoms with Crippen molar-refractivity contribution in [3.8, 4) is 0 Å². The molecule has 2 heterocycles. The van der Waals surface area contributed by atoms with Gasteiger partial charge in [-0.05, 0) is 36.8 Å². The molecule has 0 fully saturated rings. The molecule has 0 saturated carbocycles. The van der Waals surface area contributed by atoms with Crippen molar-refractivity contribution >= 4 is 23.4 Å². The van der Waals surface area contributed by atoms with Crippen molar-refractivity contribution < 1.29 is 18.0 Å². The summed E-state index contributed by atoms with van der Waals surface area (Å²) in [5.41, 5.74) is 0.159. The molecule has 3 aromatic rings. The Morgan fingerprint density at radius 2 is 2.04 bits per heavy atom. The second-order valence-electron chi connectivity index (χ2n) is 5.99. The lowest BCUT2D eigenvalue weighted by Crippen LogP contribution is -2.15. The van der Waals surface area contributed by atoms with E-state index in [0.29, 0.717) is 5.69 Å². The first-order valence-corrected chi connectivity index (χ1v) is 9.07. The van der Waals surface area contributed by atoms with Crippen molar-refractivity contribution in [2.24, 2.45) is 7.05 Å².